The van der Waals surface area contributed by atoms with Gasteiger partial charge in [-0.05, 0) is 20.3 Å². The first-order valence-electron chi connectivity index (χ1n) is 6.47. The zero-order valence-corrected chi connectivity index (χ0v) is 12.9. The van der Waals surface area contributed by atoms with E-state index in [0.29, 0.717) is 6.42 Å². The van der Waals surface area contributed by atoms with Crippen LogP contribution in [0.2, 0.25) is 0 Å². The van der Waals surface area contributed by atoms with Crippen molar-refractivity contribution in [2.45, 2.75) is 58.0 Å². The van der Waals surface area contributed by atoms with Crippen molar-refractivity contribution in [1.82, 2.24) is 0 Å². The average Bonchev–Trinajstić information content (AvgIpc) is 2.26. The number of carbonyl (C=O) groups is 2. The molecule has 0 aliphatic heterocycles. The molecule has 8 heteroatoms. The van der Waals surface area contributed by atoms with Gasteiger partial charge in [0.05, 0.1) is 5.41 Å². The van der Waals surface area contributed by atoms with Crippen LogP contribution in [-0.2, 0) is 14.2 Å². The van der Waals surface area contributed by atoms with Crippen LogP contribution < -0.4 is 0 Å². The number of hydrogen-bond acceptors (Lipinski definition) is 3. The van der Waals surface area contributed by atoms with Gasteiger partial charge < -0.3 is 20.0 Å². The van der Waals surface area contributed by atoms with Crippen LogP contribution in [0.4, 0.5) is 0 Å². The fourth-order valence-corrected chi connectivity index (χ4v) is 3.83. The Hall–Kier alpha value is -0.910. The maximum absolute atomic E-state index is 11.8. The van der Waals surface area contributed by atoms with E-state index in [1.54, 1.807) is 0 Å². The molecule has 1 atom stereocenters. The molecule has 0 aromatic rings. The summed E-state index contributed by atoms with van der Waals surface area (Å²) in [7, 11) is -5.17. The molecular formula is C12H23O7P. The summed E-state index contributed by atoms with van der Waals surface area (Å²) in [5.74, 6) is -3.31. The molecular weight excluding hydrogens is 287 g/mol. The minimum atomic E-state index is -5.17. The summed E-state index contributed by atoms with van der Waals surface area (Å²) in [6.45, 7) is 4.03. The smallest absolute Gasteiger partial charge is 0.343 e. The Labute approximate surface area is 118 Å². The summed E-state index contributed by atoms with van der Waals surface area (Å²) in [5, 5.41) is 15.9. The first-order chi connectivity index (χ1) is 8.95. The summed E-state index contributed by atoms with van der Waals surface area (Å²) in [5.41, 5.74) is -2.08. The number of carboxylic acid groups (broad SMARTS) is 2. The summed E-state index contributed by atoms with van der Waals surface area (Å²) < 4.78 is 11.8. The second-order valence-corrected chi connectivity index (χ2v) is 7.30. The first kappa shape index (κ1) is 19.1. The van der Waals surface area contributed by atoms with Gasteiger partial charge in [0.1, 0.15) is 0 Å². The molecule has 20 heavy (non-hydrogen) atoms. The molecule has 7 nitrogen and oxygen atoms in total. The Bertz CT molecular complexity index is 412. The van der Waals surface area contributed by atoms with E-state index in [4.69, 9.17) is 0 Å². The van der Waals surface area contributed by atoms with Gasteiger partial charge in [-0.3, -0.25) is 14.2 Å². The minimum Gasteiger partial charge on any atom is -0.481 e. The number of aliphatic carboxylic acids is 2. The number of unbranched alkanes of at least 4 members (excludes halogenated alkanes) is 3. The predicted octanol–water partition coefficient (Wildman–Crippen LogP) is 2.07. The molecule has 0 fully saturated rings. The molecule has 0 aliphatic carbocycles. The van der Waals surface area contributed by atoms with E-state index in [1.807, 2.05) is 6.92 Å². The largest absolute Gasteiger partial charge is 0.481 e. The quantitative estimate of drug-likeness (QED) is 0.378. The maximum Gasteiger partial charge on any atom is 0.343 e. The van der Waals surface area contributed by atoms with Crippen molar-refractivity contribution >= 4 is 19.5 Å². The van der Waals surface area contributed by atoms with Crippen molar-refractivity contribution in [2.24, 2.45) is 5.41 Å². The van der Waals surface area contributed by atoms with E-state index in [0.717, 1.165) is 26.7 Å². The Morgan fingerprint density at radius 1 is 1.00 bits per heavy atom. The van der Waals surface area contributed by atoms with Gasteiger partial charge in [-0.25, -0.2) is 0 Å². The van der Waals surface area contributed by atoms with E-state index in [9.17, 15) is 34.2 Å². The van der Waals surface area contributed by atoms with Crippen molar-refractivity contribution < 1.29 is 34.2 Å². The van der Waals surface area contributed by atoms with Crippen LogP contribution in [-0.4, -0.2) is 37.1 Å². The summed E-state index contributed by atoms with van der Waals surface area (Å²) in [6, 6.07) is 0. The third kappa shape index (κ3) is 3.40. The molecule has 0 aromatic heterocycles. The average molecular weight is 310 g/mol. The Balaban J connectivity index is 5.70. The van der Waals surface area contributed by atoms with Crippen LogP contribution in [0, 0.1) is 5.41 Å². The molecule has 1 unspecified atom stereocenters. The minimum absolute atomic E-state index is 0.252. The van der Waals surface area contributed by atoms with Gasteiger partial charge in [0.15, 0.2) is 5.16 Å². The molecule has 0 radical (unpaired) electrons. The van der Waals surface area contributed by atoms with Crippen LogP contribution in [0.3, 0.4) is 0 Å². The zero-order chi connectivity index (χ0) is 16.2. The highest BCUT2D eigenvalue weighted by Gasteiger charge is 2.66. The van der Waals surface area contributed by atoms with E-state index in [-0.39, 0.29) is 12.8 Å². The van der Waals surface area contributed by atoms with Crippen molar-refractivity contribution in [2.75, 3.05) is 0 Å². The van der Waals surface area contributed by atoms with Crippen LogP contribution >= 0.6 is 7.60 Å². The van der Waals surface area contributed by atoms with Crippen molar-refractivity contribution in [3.63, 3.8) is 0 Å². The molecule has 0 amide bonds. The van der Waals surface area contributed by atoms with Gasteiger partial charge in [-0.15, -0.1) is 0 Å². The van der Waals surface area contributed by atoms with Crippen LogP contribution in [0.25, 0.3) is 0 Å². The third-order valence-electron chi connectivity index (χ3n) is 3.81. The van der Waals surface area contributed by atoms with Gasteiger partial charge >= 0.3 is 19.5 Å². The molecule has 0 aliphatic rings. The molecule has 0 spiro atoms. The summed E-state index contributed by atoms with van der Waals surface area (Å²) >= 11 is 0. The molecule has 0 rings (SSSR count). The zero-order valence-electron chi connectivity index (χ0n) is 12.0. The topological polar surface area (TPSA) is 132 Å². The molecule has 0 saturated carbocycles. The van der Waals surface area contributed by atoms with E-state index >= 15 is 0 Å². The maximum atomic E-state index is 11.8. The second-order valence-electron chi connectivity index (χ2n) is 5.45. The SMILES string of the molecule is CCCCCCC(C(=O)O)(C(C)(C)C(=O)O)P(=O)(O)O. The highest BCUT2D eigenvalue weighted by Crippen LogP contribution is 2.61. The predicted molar refractivity (Wildman–Crippen MR) is 72.6 cm³/mol. The highest BCUT2D eigenvalue weighted by atomic mass is 31.2. The summed E-state index contributed by atoms with van der Waals surface area (Å²) in [4.78, 5) is 41.8. The van der Waals surface area contributed by atoms with Crippen LogP contribution in [0.5, 0.6) is 0 Å². The van der Waals surface area contributed by atoms with E-state index < -0.39 is 30.1 Å². The van der Waals surface area contributed by atoms with Crippen molar-refractivity contribution in [3.05, 3.63) is 0 Å². The molecule has 0 bridgehead atoms. The van der Waals surface area contributed by atoms with E-state index in [1.165, 1.54) is 0 Å². The van der Waals surface area contributed by atoms with Gasteiger partial charge in [0, 0.05) is 0 Å². The monoisotopic (exact) mass is 310 g/mol. The lowest BCUT2D eigenvalue weighted by molar-refractivity contribution is -0.159. The highest BCUT2D eigenvalue weighted by molar-refractivity contribution is 7.55. The van der Waals surface area contributed by atoms with Gasteiger partial charge in [-0.1, -0.05) is 32.6 Å². The van der Waals surface area contributed by atoms with Crippen LogP contribution in [0.1, 0.15) is 52.9 Å². The summed E-state index contributed by atoms with van der Waals surface area (Å²) in [6.07, 6.45) is 2.15. The Kier molecular flexibility index (Phi) is 6.39. The number of hydrogen-bond donors (Lipinski definition) is 4. The second kappa shape index (κ2) is 6.70. The van der Waals surface area contributed by atoms with Crippen molar-refractivity contribution in [3.8, 4) is 0 Å². The normalized spacial score (nSPS) is 15.7. The lowest BCUT2D eigenvalue weighted by Crippen LogP contribution is -2.54. The lowest BCUT2D eigenvalue weighted by atomic mass is 9.75. The molecule has 4 N–H and O–H groups in total. The van der Waals surface area contributed by atoms with E-state index in [2.05, 4.69) is 0 Å². The standard InChI is InChI=1S/C12H23O7P/c1-4-5-6-7-8-12(10(15)16,20(17,18)19)11(2,3)9(13)14/h4-8H2,1-3H3,(H,13,14)(H,15,16)(H2,17,18,19). The molecule has 118 valence electrons. The number of rotatable bonds is 9. The first-order valence-corrected chi connectivity index (χ1v) is 8.08. The fraction of sp³-hybridized carbons (Fsp3) is 0.833. The molecule has 0 aromatic carbocycles. The third-order valence-corrected chi connectivity index (χ3v) is 5.78. The van der Waals surface area contributed by atoms with Crippen molar-refractivity contribution in [1.29, 1.82) is 0 Å². The van der Waals surface area contributed by atoms with Gasteiger partial charge in [0.25, 0.3) is 0 Å². The Morgan fingerprint density at radius 3 is 1.80 bits per heavy atom. The fourth-order valence-electron chi connectivity index (χ4n) is 2.31. The number of carboxylic acids is 2. The lowest BCUT2D eigenvalue weighted by Gasteiger charge is -2.40. The van der Waals surface area contributed by atoms with Gasteiger partial charge in [0.2, 0.25) is 0 Å². The van der Waals surface area contributed by atoms with Gasteiger partial charge in [-0.2, -0.15) is 0 Å². The Morgan fingerprint density at radius 2 is 1.50 bits per heavy atom. The van der Waals surface area contributed by atoms with Crippen LogP contribution in [0.15, 0.2) is 0 Å². The molecule has 0 saturated heterocycles. The molecule has 0 heterocycles.